The van der Waals surface area contributed by atoms with Crippen molar-refractivity contribution in [1.29, 1.82) is 0 Å². The van der Waals surface area contributed by atoms with Gasteiger partial charge in [0.2, 0.25) is 0 Å². The first-order valence-corrected chi connectivity index (χ1v) is 6.89. The fourth-order valence-corrected chi connectivity index (χ4v) is 2.45. The van der Waals surface area contributed by atoms with Crippen molar-refractivity contribution < 1.29 is 14.7 Å². The quantitative estimate of drug-likeness (QED) is 0.681. The van der Waals surface area contributed by atoms with Gasteiger partial charge in [0, 0.05) is 25.4 Å². The fourth-order valence-electron chi connectivity index (χ4n) is 2.45. The third kappa shape index (κ3) is 2.92. The highest BCUT2D eigenvalue weighted by Gasteiger charge is 2.27. The van der Waals surface area contributed by atoms with Crippen LogP contribution in [0.4, 0.5) is 0 Å². The molecule has 0 saturated carbocycles. The molecule has 1 heterocycles. The van der Waals surface area contributed by atoms with Gasteiger partial charge in [0.05, 0.1) is 17.9 Å². The van der Waals surface area contributed by atoms with Crippen molar-refractivity contribution in [3.8, 4) is 5.75 Å². The molecule has 1 amide bonds. The number of benzene rings is 1. The topological polar surface area (TPSA) is 62.1 Å². The van der Waals surface area contributed by atoms with Crippen LogP contribution in [0.2, 0.25) is 0 Å². The molecule has 1 aliphatic heterocycles. The van der Waals surface area contributed by atoms with Crippen LogP contribution in [-0.2, 0) is 0 Å². The lowest BCUT2D eigenvalue weighted by atomic mass is 9.97. The van der Waals surface area contributed by atoms with Crippen molar-refractivity contribution in [2.75, 3.05) is 19.7 Å². The van der Waals surface area contributed by atoms with Gasteiger partial charge in [-0.15, -0.1) is 0 Å². The molecule has 0 spiro atoms. The number of rotatable bonds is 3. The summed E-state index contributed by atoms with van der Waals surface area (Å²) in [7, 11) is 0. The highest BCUT2D eigenvalue weighted by atomic mass is 16.5. The molecule has 1 aromatic rings. The van der Waals surface area contributed by atoms with Crippen molar-refractivity contribution in [3.63, 3.8) is 0 Å². The van der Waals surface area contributed by atoms with Crippen molar-refractivity contribution in [2.24, 2.45) is 11.1 Å². The molecular formula is C15H20N2O3. The van der Waals surface area contributed by atoms with Gasteiger partial charge < -0.3 is 14.8 Å². The average molecular weight is 276 g/mol. The summed E-state index contributed by atoms with van der Waals surface area (Å²) in [4.78, 5) is 14.4. The molecule has 108 valence electrons. The number of carbonyl (C=O) groups is 1. The van der Waals surface area contributed by atoms with E-state index in [-0.39, 0.29) is 11.8 Å². The number of carbonyl (C=O) groups excluding carboxylic acids is 1. The monoisotopic (exact) mass is 276 g/mol. The summed E-state index contributed by atoms with van der Waals surface area (Å²) >= 11 is 0. The Labute approximate surface area is 118 Å². The molecule has 20 heavy (non-hydrogen) atoms. The van der Waals surface area contributed by atoms with Gasteiger partial charge in [-0.1, -0.05) is 24.2 Å². The standard InChI is InChI=1S/C15H20N2O3/c1-3-20-14-7-5-4-6-12(14)15(18)17-9-8-13(16-19)11(2)10-17/h4-7,11,19H,3,8-10H2,1-2H3/b16-13-. The van der Waals surface area contributed by atoms with Crippen LogP contribution in [0.25, 0.3) is 0 Å². The van der Waals surface area contributed by atoms with E-state index in [9.17, 15) is 4.79 Å². The minimum atomic E-state index is -0.0297. The van der Waals surface area contributed by atoms with Gasteiger partial charge in [-0.05, 0) is 19.1 Å². The van der Waals surface area contributed by atoms with Crippen LogP contribution in [0.5, 0.6) is 5.75 Å². The summed E-state index contributed by atoms with van der Waals surface area (Å²) in [5.41, 5.74) is 1.35. The van der Waals surface area contributed by atoms with Crippen LogP contribution in [0.15, 0.2) is 29.4 Å². The van der Waals surface area contributed by atoms with E-state index in [2.05, 4.69) is 5.16 Å². The fraction of sp³-hybridized carbons (Fsp3) is 0.467. The Bertz CT molecular complexity index is 514. The van der Waals surface area contributed by atoms with Gasteiger partial charge in [-0.3, -0.25) is 4.79 Å². The first-order chi connectivity index (χ1) is 9.67. The molecule has 1 aliphatic rings. The largest absolute Gasteiger partial charge is 0.493 e. The Hall–Kier alpha value is -2.04. The number of para-hydroxylation sites is 1. The molecule has 5 nitrogen and oxygen atoms in total. The lowest BCUT2D eigenvalue weighted by Gasteiger charge is -2.31. The molecule has 5 heteroatoms. The van der Waals surface area contributed by atoms with Gasteiger partial charge in [-0.25, -0.2) is 0 Å². The third-order valence-electron chi connectivity index (χ3n) is 3.53. The second-order valence-corrected chi connectivity index (χ2v) is 4.92. The van der Waals surface area contributed by atoms with E-state index in [4.69, 9.17) is 9.94 Å². The number of likely N-dealkylation sites (tertiary alicyclic amines) is 1. The molecule has 1 unspecified atom stereocenters. The van der Waals surface area contributed by atoms with E-state index in [1.807, 2.05) is 32.0 Å². The Morgan fingerprint density at radius 2 is 2.25 bits per heavy atom. The first kappa shape index (κ1) is 14.4. The molecule has 0 aromatic heterocycles. The maximum atomic E-state index is 12.6. The Balaban J connectivity index is 2.16. The molecular weight excluding hydrogens is 256 g/mol. The third-order valence-corrected chi connectivity index (χ3v) is 3.53. The predicted molar refractivity (Wildman–Crippen MR) is 76.5 cm³/mol. The van der Waals surface area contributed by atoms with Crippen LogP contribution in [-0.4, -0.2) is 41.4 Å². The van der Waals surface area contributed by atoms with Gasteiger partial charge in [0.15, 0.2) is 0 Å². The summed E-state index contributed by atoms with van der Waals surface area (Å²) in [6, 6.07) is 7.29. The van der Waals surface area contributed by atoms with Gasteiger partial charge in [0.25, 0.3) is 5.91 Å². The zero-order valence-corrected chi connectivity index (χ0v) is 11.9. The molecule has 1 saturated heterocycles. The molecule has 0 aliphatic carbocycles. The Morgan fingerprint density at radius 1 is 1.50 bits per heavy atom. The molecule has 0 bridgehead atoms. The smallest absolute Gasteiger partial charge is 0.257 e. The summed E-state index contributed by atoms with van der Waals surface area (Å²) < 4.78 is 5.51. The number of hydrogen-bond donors (Lipinski definition) is 1. The molecule has 2 rings (SSSR count). The molecule has 0 radical (unpaired) electrons. The van der Waals surface area contributed by atoms with Crippen molar-refractivity contribution in [1.82, 2.24) is 4.90 Å². The zero-order chi connectivity index (χ0) is 14.5. The number of oxime groups is 1. The van der Waals surface area contributed by atoms with Gasteiger partial charge in [0.1, 0.15) is 5.75 Å². The second-order valence-electron chi connectivity index (χ2n) is 4.92. The minimum absolute atomic E-state index is 0.0297. The summed E-state index contributed by atoms with van der Waals surface area (Å²) in [6.07, 6.45) is 0.611. The number of amides is 1. The Kier molecular flexibility index (Phi) is 4.61. The summed E-state index contributed by atoms with van der Waals surface area (Å²) in [5.74, 6) is 0.670. The van der Waals surface area contributed by atoms with Crippen LogP contribution in [0.1, 0.15) is 30.6 Å². The maximum absolute atomic E-state index is 12.6. The van der Waals surface area contributed by atoms with E-state index in [0.717, 1.165) is 5.71 Å². The van der Waals surface area contributed by atoms with Gasteiger partial charge in [-0.2, -0.15) is 0 Å². The van der Waals surface area contributed by atoms with Crippen molar-refractivity contribution in [2.45, 2.75) is 20.3 Å². The highest BCUT2D eigenvalue weighted by molar-refractivity contribution is 5.98. The predicted octanol–water partition coefficient (Wildman–Crippen LogP) is 2.40. The zero-order valence-electron chi connectivity index (χ0n) is 11.9. The van der Waals surface area contributed by atoms with E-state index in [1.165, 1.54) is 0 Å². The minimum Gasteiger partial charge on any atom is -0.493 e. The van der Waals surface area contributed by atoms with Crippen molar-refractivity contribution in [3.05, 3.63) is 29.8 Å². The number of nitrogens with zero attached hydrogens (tertiary/aromatic N) is 2. The van der Waals surface area contributed by atoms with Gasteiger partial charge >= 0.3 is 0 Å². The second kappa shape index (κ2) is 6.41. The molecule has 1 N–H and O–H groups in total. The van der Waals surface area contributed by atoms with E-state index in [0.29, 0.717) is 37.4 Å². The van der Waals surface area contributed by atoms with Crippen LogP contribution >= 0.6 is 0 Å². The summed E-state index contributed by atoms with van der Waals surface area (Å²) in [5, 5.41) is 12.2. The van der Waals surface area contributed by atoms with Crippen LogP contribution in [0, 0.1) is 5.92 Å². The van der Waals surface area contributed by atoms with E-state index >= 15 is 0 Å². The highest BCUT2D eigenvalue weighted by Crippen LogP contribution is 2.22. The Morgan fingerprint density at radius 3 is 2.90 bits per heavy atom. The number of piperidine rings is 1. The maximum Gasteiger partial charge on any atom is 0.257 e. The van der Waals surface area contributed by atoms with Crippen molar-refractivity contribution >= 4 is 11.6 Å². The number of ether oxygens (including phenoxy) is 1. The molecule has 1 fully saturated rings. The molecule has 1 atom stereocenters. The van der Waals surface area contributed by atoms with Crippen LogP contribution in [0.3, 0.4) is 0 Å². The SMILES string of the molecule is CCOc1ccccc1C(=O)N1CC/C(=N/O)C(C)C1. The average Bonchev–Trinajstić information content (AvgIpc) is 2.47. The molecule has 1 aromatic carbocycles. The first-order valence-electron chi connectivity index (χ1n) is 6.89. The van der Waals surface area contributed by atoms with E-state index in [1.54, 1.807) is 11.0 Å². The number of hydrogen-bond acceptors (Lipinski definition) is 4. The summed E-state index contributed by atoms with van der Waals surface area (Å²) in [6.45, 7) is 5.53. The normalized spacial score (nSPS) is 21.0. The lowest BCUT2D eigenvalue weighted by Crippen LogP contribution is -2.43. The lowest BCUT2D eigenvalue weighted by molar-refractivity contribution is 0.0730. The van der Waals surface area contributed by atoms with E-state index < -0.39 is 0 Å². The van der Waals surface area contributed by atoms with Crippen LogP contribution < -0.4 is 4.74 Å².